The van der Waals surface area contributed by atoms with Gasteiger partial charge in [-0.25, -0.2) is 9.46 Å². The van der Waals surface area contributed by atoms with Crippen LogP contribution < -0.4 is 20.7 Å². The van der Waals surface area contributed by atoms with Gasteiger partial charge in [0.1, 0.15) is 41.7 Å². The van der Waals surface area contributed by atoms with E-state index in [9.17, 15) is 29.5 Å². The molecule has 1 aliphatic heterocycles. The molecule has 0 radical (unpaired) electrons. The Morgan fingerprint density at radius 3 is 1.98 bits per heavy atom. The number of ether oxygens (including phenoxy) is 5. The molecule has 3 aromatic carbocycles. The van der Waals surface area contributed by atoms with E-state index in [4.69, 9.17) is 32.7 Å². The van der Waals surface area contributed by atoms with E-state index in [1.807, 2.05) is 87.0 Å². The third kappa shape index (κ3) is 11.0. The first-order valence-corrected chi connectivity index (χ1v) is 21.4. The van der Waals surface area contributed by atoms with E-state index in [1.165, 1.54) is 13.1 Å². The number of hydrogen-bond acceptors (Lipinski definition) is 14. The molecule has 0 aliphatic carbocycles. The largest absolute Gasteiger partial charge is 0.497 e. The summed E-state index contributed by atoms with van der Waals surface area (Å²) in [5.74, 6) is 0.241. The average Bonchev–Trinajstić information content (AvgIpc) is 3.60. The Bertz CT molecular complexity index is 2170. The number of nitrogens with one attached hydrogen (secondary N) is 1. The number of nitrogens with zero attached hydrogens (tertiary/aromatic N) is 3. The van der Waals surface area contributed by atoms with Crippen molar-refractivity contribution < 1.29 is 47.4 Å². The van der Waals surface area contributed by atoms with Gasteiger partial charge in [-0.3, -0.25) is 19.1 Å². The number of aromatic amines is 1. The van der Waals surface area contributed by atoms with Crippen LogP contribution in [0.5, 0.6) is 11.5 Å². The number of nitriles is 1. The van der Waals surface area contributed by atoms with E-state index in [2.05, 4.69) is 11.1 Å². The standard InChI is InChI=1S/C45H55N4O12P/c1-29(2)49(30(3)4)62(59-27-11-25-46)61-39-40(60-43(48-26-24-37(51)47-44(48)54)41(39)58-28-57-38(52)23-14-31(5)50)42(53)45(32-12-9-8-10-13-32,33-15-19-35(55-6)20-16-33)34-17-21-36(56-7)22-18-34/h8-10,12-13,15-22,24,26,29-30,39-43,53H,11,14,23,27-28H2,1-7H3,(H,47,51,54)/t39-,40+,41-,42?,43-,62?/m1/s1. The summed E-state index contributed by atoms with van der Waals surface area (Å²) in [4.78, 5) is 52.6. The molecule has 2 unspecified atom stereocenters. The Balaban J connectivity index is 1.78. The third-order valence-electron chi connectivity index (χ3n) is 10.5. The third-order valence-corrected chi connectivity index (χ3v) is 12.6. The Hall–Kier alpha value is -5.24. The molecule has 62 heavy (non-hydrogen) atoms. The summed E-state index contributed by atoms with van der Waals surface area (Å²) in [6.07, 6.45) is -5.93. The van der Waals surface area contributed by atoms with Crippen molar-refractivity contribution in [1.29, 1.82) is 5.26 Å². The second kappa shape index (κ2) is 22.2. The maximum absolute atomic E-state index is 13.6. The minimum Gasteiger partial charge on any atom is -0.497 e. The van der Waals surface area contributed by atoms with Gasteiger partial charge in [0, 0.05) is 30.8 Å². The number of benzene rings is 3. The minimum atomic E-state index is -2.07. The SMILES string of the molecule is COc1ccc(C(c2ccccc2)(c2ccc(OC)cc2)C(O)[C@H]2O[C@@H](n3ccc(=O)[nH]c3=O)[C@H](OCOC(=O)CCC(C)=O)[C@@H]2OP(OCCC#N)N(C(C)C)C(C)C)cc1. The van der Waals surface area contributed by atoms with Crippen molar-refractivity contribution in [2.24, 2.45) is 0 Å². The number of methoxy groups -OCH3 is 2. The minimum absolute atomic E-state index is 0.00663. The zero-order valence-corrected chi connectivity index (χ0v) is 36.9. The molecular weight excluding hydrogens is 819 g/mol. The Kier molecular flexibility index (Phi) is 17.1. The highest BCUT2D eigenvalue weighted by atomic mass is 31.2. The quantitative estimate of drug-likeness (QED) is 0.0317. The smallest absolute Gasteiger partial charge is 0.330 e. The molecule has 1 fully saturated rings. The van der Waals surface area contributed by atoms with E-state index in [1.54, 1.807) is 38.5 Å². The first-order valence-electron chi connectivity index (χ1n) is 20.3. The van der Waals surface area contributed by atoms with Gasteiger partial charge < -0.3 is 42.6 Å². The number of Topliss-reactive ketones (excluding diaryl/α,β-unsaturated/α-hetero) is 1. The van der Waals surface area contributed by atoms with E-state index in [0.29, 0.717) is 28.2 Å². The van der Waals surface area contributed by atoms with E-state index in [-0.39, 0.29) is 43.7 Å². The Morgan fingerprint density at radius 2 is 1.47 bits per heavy atom. The van der Waals surface area contributed by atoms with Crippen LogP contribution >= 0.6 is 8.53 Å². The van der Waals surface area contributed by atoms with Crippen LogP contribution in [0.4, 0.5) is 0 Å². The average molecular weight is 875 g/mol. The Labute approximate surface area is 362 Å². The summed E-state index contributed by atoms with van der Waals surface area (Å²) in [6, 6.07) is 26.8. The van der Waals surface area contributed by atoms with Crippen molar-refractivity contribution in [3.63, 3.8) is 0 Å². The van der Waals surface area contributed by atoms with Crippen molar-refractivity contribution in [2.75, 3.05) is 27.6 Å². The summed E-state index contributed by atoms with van der Waals surface area (Å²) >= 11 is 0. The molecule has 17 heteroatoms. The van der Waals surface area contributed by atoms with E-state index < -0.39 is 68.6 Å². The molecule has 1 aromatic heterocycles. The highest BCUT2D eigenvalue weighted by Crippen LogP contribution is 2.53. The number of rotatable bonds is 22. The summed E-state index contributed by atoms with van der Waals surface area (Å²) < 4.78 is 46.2. The lowest BCUT2D eigenvalue weighted by molar-refractivity contribution is -0.171. The zero-order valence-electron chi connectivity index (χ0n) is 36.0. The molecule has 332 valence electrons. The lowest BCUT2D eigenvalue weighted by Gasteiger charge is -2.44. The number of aliphatic hydroxyl groups is 1. The number of H-pyrrole nitrogens is 1. The van der Waals surface area contributed by atoms with Gasteiger partial charge >= 0.3 is 11.7 Å². The molecule has 2 heterocycles. The van der Waals surface area contributed by atoms with Gasteiger partial charge in [0.05, 0.1) is 45.2 Å². The molecule has 0 spiro atoms. The maximum Gasteiger partial charge on any atom is 0.330 e. The molecular formula is C45H55N4O12P. The molecule has 0 bridgehead atoms. The number of aromatic nitrogens is 2. The fourth-order valence-corrected chi connectivity index (χ4v) is 9.42. The van der Waals surface area contributed by atoms with Crippen LogP contribution in [0.1, 0.15) is 76.8 Å². The van der Waals surface area contributed by atoms with Crippen molar-refractivity contribution in [1.82, 2.24) is 14.2 Å². The molecule has 6 atom stereocenters. The molecule has 1 aliphatic rings. The van der Waals surface area contributed by atoms with Gasteiger partial charge in [-0.05, 0) is 75.6 Å². The first-order chi connectivity index (χ1) is 29.8. The Morgan fingerprint density at radius 1 is 0.887 bits per heavy atom. The number of hydrogen-bond donors (Lipinski definition) is 2. The summed E-state index contributed by atoms with van der Waals surface area (Å²) in [5.41, 5.74) is -1.05. The molecule has 2 N–H and O–H groups in total. The summed E-state index contributed by atoms with van der Waals surface area (Å²) in [5, 5.41) is 23.1. The predicted octanol–water partition coefficient (Wildman–Crippen LogP) is 5.76. The van der Waals surface area contributed by atoms with Crippen LogP contribution in [0, 0.1) is 11.3 Å². The topological polar surface area (TPSA) is 201 Å². The fraction of sp³-hybridized carbons (Fsp3) is 0.444. The zero-order chi connectivity index (χ0) is 45.0. The molecule has 1 saturated heterocycles. The van der Waals surface area contributed by atoms with Gasteiger partial charge in [0.2, 0.25) is 0 Å². The lowest BCUT2D eigenvalue weighted by Crippen LogP contribution is -2.53. The van der Waals surface area contributed by atoms with Crippen molar-refractivity contribution in [3.8, 4) is 17.6 Å². The predicted molar refractivity (Wildman–Crippen MR) is 229 cm³/mol. The number of carbonyl (C=O) groups excluding carboxylic acids is 2. The van der Waals surface area contributed by atoms with Crippen LogP contribution in [-0.2, 0) is 38.3 Å². The van der Waals surface area contributed by atoms with E-state index in [0.717, 1.165) is 10.6 Å². The van der Waals surface area contributed by atoms with Crippen LogP contribution in [0.15, 0.2) is 101 Å². The number of carbonyl (C=O) groups is 2. The second-order valence-electron chi connectivity index (χ2n) is 15.2. The van der Waals surface area contributed by atoms with Crippen LogP contribution in [0.25, 0.3) is 0 Å². The fourth-order valence-electron chi connectivity index (χ4n) is 7.66. The van der Waals surface area contributed by atoms with Crippen molar-refractivity contribution in [3.05, 3.63) is 129 Å². The second-order valence-corrected chi connectivity index (χ2v) is 16.6. The summed E-state index contributed by atoms with van der Waals surface area (Å²) in [7, 11) is 1.04. The first kappa shape index (κ1) is 47.8. The van der Waals surface area contributed by atoms with Gasteiger partial charge in [-0.1, -0.05) is 54.6 Å². The monoisotopic (exact) mass is 874 g/mol. The van der Waals surface area contributed by atoms with Gasteiger partial charge in [0.25, 0.3) is 14.1 Å². The van der Waals surface area contributed by atoms with Crippen LogP contribution in [-0.4, -0.2) is 95.2 Å². The molecule has 16 nitrogen and oxygen atoms in total. The van der Waals surface area contributed by atoms with Crippen LogP contribution in [0.2, 0.25) is 0 Å². The number of esters is 1. The number of aliphatic hydroxyl groups excluding tert-OH is 1. The van der Waals surface area contributed by atoms with Gasteiger partial charge in [-0.2, -0.15) is 5.26 Å². The van der Waals surface area contributed by atoms with E-state index >= 15 is 0 Å². The van der Waals surface area contributed by atoms with Gasteiger partial charge in [0.15, 0.2) is 13.0 Å². The molecule has 0 amide bonds. The molecule has 5 rings (SSSR count). The van der Waals surface area contributed by atoms with Crippen LogP contribution in [0.3, 0.4) is 0 Å². The van der Waals surface area contributed by atoms with Gasteiger partial charge in [-0.15, -0.1) is 0 Å². The van der Waals surface area contributed by atoms with Crippen molar-refractivity contribution in [2.45, 2.75) is 102 Å². The normalized spacial score (nSPS) is 18.7. The number of ketones is 1. The molecule has 4 aromatic rings. The molecule has 0 saturated carbocycles. The highest BCUT2D eigenvalue weighted by Gasteiger charge is 2.58. The van der Waals surface area contributed by atoms with Crippen molar-refractivity contribution >= 4 is 20.3 Å². The lowest BCUT2D eigenvalue weighted by atomic mass is 9.64. The maximum atomic E-state index is 13.6. The highest BCUT2D eigenvalue weighted by molar-refractivity contribution is 7.44. The summed E-state index contributed by atoms with van der Waals surface area (Å²) in [6.45, 7) is 8.58.